The van der Waals surface area contributed by atoms with Gasteiger partial charge in [0.1, 0.15) is 7.14 Å². The first-order valence-corrected chi connectivity index (χ1v) is 6.51. The Labute approximate surface area is 83.6 Å². The molecule has 1 aliphatic heterocycles. The summed E-state index contributed by atoms with van der Waals surface area (Å²) in [5.41, 5.74) is -0.190. The number of hydrogen-bond donors (Lipinski definition) is 1. The lowest BCUT2D eigenvalue weighted by molar-refractivity contribution is 0.225. The molecule has 1 aromatic rings. The van der Waals surface area contributed by atoms with Gasteiger partial charge < -0.3 is 9.67 Å². The van der Waals surface area contributed by atoms with Crippen LogP contribution in [0.25, 0.3) is 0 Å². The van der Waals surface area contributed by atoms with Crippen LogP contribution in [0.5, 0.6) is 0 Å². The first kappa shape index (κ1) is 9.70. The lowest BCUT2D eigenvalue weighted by atomic mass is 10.3. The van der Waals surface area contributed by atoms with Gasteiger partial charge in [0.15, 0.2) is 0 Å². The Balaban J connectivity index is 2.45. The van der Waals surface area contributed by atoms with Crippen LogP contribution in [-0.2, 0) is 4.57 Å². The Bertz CT molecular complexity index is 397. The molecule has 0 saturated heterocycles. The monoisotopic (exact) mass is 208 g/mol. The molecule has 0 radical (unpaired) electrons. The predicted molar refractivity (Wildman–Crippen MR) is 58.3 cm³/mol. The van der Waals surface area contributed by atoms with Crippen molar-refractivity contribution in [2.45, 2.75) is 18.7 Å². The lowest BCUT2D eigenvalue weighted by Gasteiger charge is -2.18. The summed E-state index contributed by atoms with van der Waals surface area (Å²) in [5, 5.41) is 10.4. The quantitative estimate of drug-likeness (QED) is 0.716. The molecule has 2 nitrogen and oxygen atoms in total. The molecular formula is C11H13O2P. The maximum atomic E-state index is 12.5. The number of aliphatic hydroxyl groups excluding tert-OH is 1. The zero-order valence-corrected chi connectivity index (χ0v) is 8.89. The predicted octanol–water partition coefficient (Wildman–Crippen LogP) is 1.95. The van der Waals surface area contributed by atoms with E-state index in [1.54, 1.807) is 11.9 Å². The number of aliphatic hydroxyl groups is 1. The number of hydrogen-bond acceptors (Lipinski definition) is 2. The molecule has 0 amide bonds. The van der Waals surface area contributed by atoms with Gasteiger partial charge in [0.05, 0.1) is 6.10 Å². The molecule has 14 heavy (non-hydrogen) atoms. The third-order valence-electron chi connectivity index (χ3n) is 2.76. The van der Waals surface area contributed by atoms with Crippen molar-refractivity contribution in [3.63, 3.8) is 0 Å². The van der Waals surface area contributed by atoms with Crippen molar-refractivity contribution in [2.24, 2.45) is 0 Å². The van der Waals surface area contributed by atoms with Crippen molar-refractivity contribution in [1.82, 2.24) is 0 Å². The summed E-state index contributed by atoms with van der Waals surface area (Å²) >= 11 is 0. The molecule has 0 spiro atoms. The van der Waals surface area contributed by atoms with Gasteiger partial charge in [-0.05, 0) is 5.82 Å². The fraction of sp³-hybridized carbons (Fsp3) is 0.273. The first-order valence-electron chi connectivity index (χ1n) is 4.67. The summed E-state index contributed by atoms with van der Waals surface area (Å²) in [6.07, 6.45) is 1.07. The normalized spacial score (nSPS) is 36.1. The van der Waals surface area contributed by atoms with Crippen molar-refractivity contribution < 1.29 is 9.67 Å². The minimum absolute atomic E-state index is 0.190. The van der Waals surface area contributed by atoms with E-state index in [0.29, 0.717) is 0 Å². The first-order chi connectivity index (χ1) is 6.64. The summed E-state index contributed by atoms with van der Waals surface area (Å²) in [6, 6.07) is 9.37. The van der Waals surface area contributed by atoms with E-state index < -0.39 is 13.2 Å². The molecule has 0 saturated carbocycles. The molecular weight excluding hydrogens is 195 g/mol. The molecule has 3 heteroatoms. The van der Waals surface area contributed by atoms with Gasteiger partial charge in [-0.15, -0.1) is 0 Å². The van der Waals surface area contributed by atoms with Gasteiger partial charge in [-0.25, -0.2) is 0 Å². The van der Waals surface area contributed by atoms with E-state index in [0.717, 1.165) is 5.30 Å². The molecule has 0 bridgehead atoms. The Morgan fingerprint density at radius 3 is 2.43 bits per heavy atom. The van der Waals surface area contributed by atoms with Crippen molar-refractivity contribution in [3.8, 4) is 0 Å². The number of benzene rings is 1. The minimum atomic E-state index is -2.50. The van der Waals surface area contributed by atoms with E-state index in [9.17, 15) is 9.67 Å². The second kappa shape index (κ2) is 3.38. The van der Waals surface area contributed by atoms with Crippen LogP contribution in [0.15, 0.2) is 42.2 Å². The Hall–Kier alpha value is -0.850. The summed E-state index contributed by atoms with van der Waals surface area (Å²) in [4.78, 5) is 0. The van der Waals surface area contributed by atoms with E-state index >= 15 is 0 Å². The van der Waals surface area contributed by atoms with Gasteiger partial charge in [-0.3, -0.25) is 0 Å². The molecule has 0 fully saturated rings. The van der Waals surface area contributed by atoms with Crippen LogP contribution in [-0.4, -0.2) is 16.9 Å². The smallest absolute Gasteiger partial charge is 0.141 e. The Morgan fingerprint density at radius 2 is 1.93 bits per heavy atom. The van der Waals surface area contributed by atoms with E-state index in [1.165, 1.54) is 0 Å². The summed E-state index contributed by atoms with van der Waals surface area (Å²) < 4.78 is 12.5. The average Bonchev–Trinajstić information content (AvgIpc) is 2.49. The van der Waals surface area contributed by atoms with Crippen molar-refractivity contribution in [3.05, 3.63) is 42.2 Å². The van der Waals surface area contributed by atoms with Crippen molar-refractivity contribution in [2.75, 3.05) is 0 Å². The standard InChI is InChI=1S/C11H13O2P/c1-9-11(12)7-8-14(9,13)10-5-3-2-4-6-10/h2-9,11-12H,1H3/t9-,11+,14?/m1/s1. The fourth-order valence-electron chi connectivity index (χ4n) is 1.72. The minimum Gasteiger partial charge on any atom is -0.388 e. The van der Waals surface area contributed by atoms with Crippen LogP contribution >= 0.6 is 7.14 Å². The maximum absolute atomic E-state index is 12.5. The Kier molecular flexibility index (Phi) is 2.34. The molecule has 1 aliphatic rings. The van der Waals surface area contributed by atoms with Crippen LogP contribution in [0, 0.1) is 0 Å². The van der Waals surface area contributed by atoms with Gasteiger partial charge >= 0.3 is 0 Å². The molecule has 1 N–H and O–H groups in total. The summed E-state index contributed by atoms with van der Waals surface area (Å²) in [5.74, 6) is 1.68. The average molecular weight is 208 g/mol. The Morgan fingerprint density at radius 1 is 1.29 bits per heavy atom. The highest BCUT2D eigenvalue weighted by Crippen LogP contribution is 2.56. The SMILES string of the molecule is C[C@@H]1[C@@H](O)C=CP1(=O)c1ccccc1. The molecule has 3 atom stereocenters. The van der Waals surface area contributed by atoms with Crippen molar-refractivity contribution >= 4 is 12.4 Å². The van der Waals surface area contributed by atoms with Crippen LogP contribution in [0.1, 0.15) is 6.92 Å². The van der Waals surface area contributed by atoms with Gasteiger partial charge in [0.2, 0.25) is 0 Å². The van der Waals surface area contributed by atoms with E-state index in [1.807, 2.05) is 37.3 Å². The van der Waals surface area contributed by atoms with Gasteiger partial charge in [-0.2, -0.15) is 0 Å². The molecule has 1 aromatic carbocycles. The molecule has 0 aliphatic carbocycles. The van der Waals surface area contributed by atoms with Gasteiger partial charge in [0.25, 0.3) is 0 Å². The van der Waals surface area contributed by atoms with Gasteiger partial charge in [0, 0.05) is 11.0 Å². The van der Waals surface area contributed by atoms with Crippen LogP contribution < -0.4 is 5.30 Å². The third kappa shape index (κ3) is 1.35. The largest absolute Gasteiger partial charge is 0.388 e. The van der Waals surface area contributed by atoms with Crippen LogP contribution in [0.2, 0.25) is 0 Å². The second-order valence-corrected chi connectivity index (χ2v) is 6.67. The third-order valence-corrected chi connectivity index (χ3v) is 6.00. The summed E-state index contributed by atoms with van der Waals surface area (Å²) in [7, 11) is -2.50. The van der Waals surface area contributed by atoms with E-state index in [2.05, 4.69) is 0 Å². The molecule has 1 unspecified atom stereocenters. The maximum Gasteiger partial charge on any atom is 0.141 e. The van der Waals surface area contributed by atoms with E-state index in [-0.39, 0.29) is 5.66 Å². The van der Waals surface area contributed by atoms with Crippen LogP contribution in [0.4, 0.5) is 0 Å². The second-order valence-electron chi connectivity index (χ2n) is 3.62. The van der Waals surface area contributed by atoms with Crippen LogP contribution in [0.3, 0.4) is 0 Å². The highest BCUT2D eigenvalue weighted by Gasteiger charge is 2.37. The summed E-state index contributed by atoms with van der Waals surface area (Å²) in [6.45, 7) is 1.83. The zero-order valence-electron chi connectivity index (χ0n) is 8.00. The molecule has 1 heterocycles. The molecule has 0 aromatic heterocycles. The molecule has 2 rings (SSSR count). The fourth-order valence-corrected chi connectivity index (χ4v) is 4.26. The van der Waals surface area contributed by atoms with Gasteiger partial charge in [-0.1, -0.05) is 43.3 Å². The zero-order chi connectivity index (χ0) is 10.2. The lowest BCUT2D eigenvalue weighted by Crippen LogP contribution is -2.20. The van der Waals surface area contributed by atoms with Crippen molar-refractivity contribution in [1.29, 1.82) is 0 Å². The highest BCUT2D eigenvalue weighted by atomic mass is 31.2. The highest BCUT2D eigenvalue weighted by molar-refractivity contribution is 7.75. The topological polar surface area (TPSA) is 37.3 Å². The molecule has 74 valence electrons. The van der Waals surface area contributed by atoms with E-state index in [4.69, 9.17) is 0 Å². The number of rotatable bonds is 1.